The van der Waals surface area contributed by atoms with Crippen LogP contribution in [0.2, 0.25) is 0 Å². The number of aryl methyl sites for hydroxylation is 2. The predicted octanol–water partition coefficient (Wildman–Crippen LogP) is 2.79. The Bertz CT molecular complexity index is 1100. The van der Waals surface area contributed by atoms with Crippen LogP contribution in [0.25, 0.3) is 10.9 Å². The van der Waals surface area contributed by atoms with Crippen molar-refractivity contribution in [3.05, 3.63) is 81.1 Å². The lowest BCUT2D eigenvalue weighted by Crippen LogP contribution is -2.26. The van der Waals surface area contributed by atoms with Crippen LogP contribution in [0.3, 0.4) is 0 Å². The van der Waals surface area contributed by atoms with Gasteiger partial charge in [0.1, 0.15) is 0 Å². The number of amides is 2. The van der Waals surface area contributed by atoms with Crippen LogP contribution in [0.5, 0.6) is 0 Å². The molecule has 0 aliphatic heterocycles. The van der Waals surface area contributed by atoms with Crippen LogP contribution in [0.4, 0.5) is 0 Å². The maximum Gasteiger partial charge on any atom is 0.253 e. The van der Waals surface area contributed by atoms with E-state index in [-0.39, 0.29) is 23.9 Å². The Hall–Kier alpha value is -3.41. The van der Waals surface area contributed by atoms with Crippen molar-refractivity contribution in [2.75, 3.05) is 14.1 Å². The Labute approximate surface area is 169 Å². The normalized spacial score (nSPS) is 10.7. The first-order valence-electron chi connectivity index (χ1n) is 9.53. The first kappa shape index (κ1) is 20.3. The number of aromatic nitrogens is 1. The molecule has 6 nitrogen and oxygen atoms in total. The quantitative estimate of drug-likeness (QED) is 0.678. The van der Waals surface area contributed by atoms with E-state index in [1.54, 1.807) is 26.2 Å². The fraction of sp³-hybridized carbons (Fsp3) is 0.261. The molecule has 6 heteroatoms. The summed E-state index contributed by atoms with van der Waals surface area (Å²) in [5, 5.41) is 3.76. The minimum atomic E-state index is -0.192. The highest BCUT2D eigenvalue weighted by Crippen LogP contribution is 2.13. The number of nitrogens with one attached hydrogen (secondary N) is 2. The van der Waals surface area contributed by atoms with Gasteiger partial charge in [0.15, 0.2) is 0 Å². The zero-order valence-corrected chi connectivity index (χ0v) is 16.9. The molecule has 29 heavy (non-hydrogen) atoms. The number of carbonyl (C=O) groups is 2. The van der Waals surface area contributed by atoms with Crippen LogP contribution in [0.1, 0.15) is 33.5 Å². The number of hydrogen-bond acceptors (Lipinski definition) is 3. The van der Waals surface area contributed by atoms with Gasteiger partial charge in [-0.25, -0.2) is 0 Å². The van der Waals surface area contributed by atoms with Gasteiger partial charge in [0.25, 0.3) is 11.5 Å². The van der Waals surface area contributed by atoms with Gasteiger partial charge in [-0.1, -0.05) is 23.8 Å². The second-order valence-corrected chi connectivity index (χ2v) is 7.39. The van der Waals surface area contributed by atoms with Crippen molar-refractivity contribution in [2.24, 2.45) is 0 Å². The summed E-state index contributed by atoms with van der Waals surface area (Å²) in [5.41, 5.74) is 3.83. The number of carbonyl (C=O) groups excluding carboxylic acids is 2. The molecule has 150 valence electrons. The molecule has 3 rings (SSSR count). The number of pyridine rings is 1. The van der Waals surface area contributed by atoms with E-state index < -0.39 is 0 Å². The summed E-state index contributed by atoms with van der Waals surface area (Å²) >= 11 is 0. The molecule has 0 bridgehead atoms. The van der Waals surface area contributed by atoms with Crippen molar-refractivity contribution in [2.45, 2.75) is 26.3 Å². The molecular formula is C23H25N3O3. The summed E-state index contributed by atoms with van der Waals surface area (Å²) in [5.74, 6) is -0.174. The first-order chi connectivity index (χ1) is 13.8. The maximum absolute atomic E-state index is 12.2. The Kier molecular flexibility index (Phi) is 6.12. The molecule has 1 heterocycles. The molecule has 0 atom stereocenters. The highest BCUT2D eigenvalue weighted by molar-refractivity contribution is 5.93. The number of aromatic amines is 1. The number of H-pyrrole nitrogens is 1. The third-order valence-corrected chi connectivity index (χ3v) is 4.80. The van der Waals surface area contributed by atoms with Gasteiger partial charge in [0.2, 0.25) is 5.91 Å². The molecule has 0 spiro atoms. The van der Waals surface area contributed by atoms with E-state index >= 15 is 0 Å². The van der Waals surface area contributed by atoms with Crippen molar-refractivity contribution >= 4 is 22.7 Å². The molecule has 2 amide bonds. The van der Waals surface area contributed by atoms with Gasteiger partial charge in [-0.2, -0.15) is 0 Å². The van der Waals surface area contributed by atoms with Gasteiger partial charge in [0, 0.05) is 43.7 Å². The van der Waals surface area contributed by atoms with Crippen molar-refractivity contribution in [3.8, 4) is 0 Å². The molecular weight excluding hydrogens is 366 g/mol. The number of fused-ring (bicyclic) bond motifs is 1. The fourth-order valence-corrected chi connectivity index (χ4v) is 3.11. The summed E-state index contributed by atoms with van der Waals surface area (Å²) in [6, 6.07) is 14.9. The average Bonchev–Trinajstić information content (AvgIpc) is 2.70. The molecule has 0 saturated carbocycles. The van der Waals surface area contributed by atoms with E-state index in [0.29, 0.717) is 24.0 Å². The van der Waals surface area contributed by atoms with Gasteiger partial charge < -0.3 is 15.2 Å². The lowest BCUT2D eigenvalue weighted by atomic mass is 10.1. The number of hydrogen-bond donors (Lipinski definition) is 2. The molecule has 0 saturated heterocycles. The lowest BCUT2D eigenvalue weighted by Gasteiger charge is -2.10. The molecule has 0 radical (unpaired) electrons. The number of rotatable bonds is 6. The molecule has 1 aromatic heterocycles. The van der Waals surface area contributed by atoms with E-state index in [1.807, 2.05) is 43.3 Å². The fourth-order valence-electron chi connectivity index (χ4n) is 3.11. The van der Waals surface area contributed by atoms with Crippen LogP contribution < -0.4 is 10.9 Å². The van der Waals surface area contributed by atoms with E-state index in [0.717, 1.165) is 22.0 Å². The van der Waals surface area contributed by atoms with Gasteiger partial charge in [-0.3, -0.25) is 14.4 Å². The Morgan fingerprint density at radius 3 is 2.45 bits per heavy atom. The van der Waals surface area contributed by atoms with Crippen LogP contribution in [-0.4, -0.2) is 35.8 Å². The number of nitrogens with zero attached hydrogens (tertiary/aromatic N) is 1. The van der Waals surface area contributed by atoms with E-state index in [4.69, 9.17) is 0 Å². The van der Waals surface area contributed by atoms with Crippen LogP contribution in [0.15, 0.2) is 53.3 Å². The Balaban J connectivity index is 1.56. The largest absolute Gasteiger partial charge is 0.352 e. The zero-order chi connectivity index (χ0) is 21.0. The SMILES string of the molecule is Cc1ccc2[nH]c(=O)c(CNC(=O)CCc3ccc(C(=O)N(C)C)cc3)cc2c1. The van der Waals surface area contributed by atoms with Crippen molar-refractivity contribution < 1.29 is 9.59 Å². The summed E-state index contributed by atoms with van der Waals surface area (Å²) in [4.78, 5) is 40.7. The van der Waals surface area contributed by atoms with Crippen LogP contribution in [0, 0.1) is 6.92 Å². The van der Waals surface area contributed by atoms with Gasteiger partial charge >= 0.3 is 0 Å². The third kappa shape index (κ3) is 5.10. The highest BCUT2D eigenvalue weighted by atomic mass is 16.2. The van der Waals surface area contributed by atoms with Gasteiger partial charge in [-0.15, -0.1) is 0 Å². The third-order valence-electron chi connectivity index (χ3n) is 4.80. The first-order valence-corrected chi connectivity index (χ1v) is 9.53. The molecule has 2 N–H and O–H groups in total. The zero-order valence-electron chi connectivity index (χ0n) is 16.9. The van der Waals surface area contributed by atoms with E-state index in [2.05, 4.69) is 10.3 Å². The smallest absolute Gasteiger partial charge is 0.253 e. The Morgan fingerprint density at radius 1 is 1.03 bits per heavy atom. The summed E-state index contributed by atoms with van der Waals surface area (Å²) in [6.45, 7) is 2.18. The Morgan fingerprint density at radius 2 is 1.76 bits per heavy atom. The molecule has 0 fully saturated rings. The minimum Gasteiger partial charge on any atom is -0.352 e. The monoisotopic (exact) mass is 391 g/mol. The van der Waals surface area contributed by atoms with Crippen molar-refractivity contribution in [3.63, 3.8) is 0 Å². The molecule has 0 unspecified atom stereocenters. The summed E-state index contributed by atoms with van der Waals surface area (Å²) < 4.78 is 0. The number of benzene rings is 2. The van der Waals surface area contributed by atoms with Crippen LogP contribution in [-0.2, 0) is 17.8 Å². The minimum absolute atomic E-state index is 0.0508. The summed E-state index contributed by atoms with van der Waals surface area (Å²) in [6.07, 6.45) is 0.876. The second kappa shape index (κ2) is 8.73. The lowest BCUT2D eigenvalue weighted by molar-refractivity contribution is -0.121. The van der Waals surface area contributed by atoms with E-state index in [1.165, 1.54) is 4.90 Å². The molecule has 3 aromatic rings. The molecule has 0 aliphatic carbocycles. The van der Waals surface area contributed by atoms with Gasteiger partial charge in [-0.05, 0) is 54.6 Å². The highest BCUT2D eigenvalue weighted by Gasteiger charge is 2.09. The van der Waals surface area contributed by atoms with Crippen molar-refractivity contribution in [1.82, 2.24) is 15.2 Å². The van der Waals surface area contributed by atoms with E-state index in [9.17, 15) is 14.4 Å². The molecule has 2 aromatic carbocycles. The van der Waals surface area contributed by atoms with Crippen molar-refractivity contribution in [1.29, 1.82) is 0 Å². The predicted molar refractivity (Wildman–Crippen MR) is 114 cm³/mol. The topological polar surface area (TPSA) is 82.3 Å². The van der Waals surface area contributed by atoms with Gasteiger partial charge in [0.05, 0.1) is 0 Å². The maximum atomic E-state index is 12.2. The average molecular weight is 391 g/mol. The standard InChI is InChI=1S/C23H25N3O3/c1-15-4-10-20-18(12-15)13-19(22(28)25-20)14-24-21(27)11-7-16-5-8-17(9-6-16)23(29)26(2)3/h4-6,8-10,12-13H,7,11,14H2,1-3H3,(H,24,27)(H,25,28). The summed E-state index contributed by atoms with van der Waals surface area (Å²) in [7, 11) is 3.42. The second-order valence-electron chi connectivity index (χ2n) is 7.39. The van der Waals surface area contributed by atoms with Crippen LogP contribution >= 0.6 is 0 Å². The molecule has 0 aliphatic rings.